The quantitative estimate of drug-likeness (QED) is 0.685. The molecule has 1 N–H and O–H groups in total. The normalized spacial score (nSPS) is 19.3. The van der Waals surface area contributed by atoms with Crippen LogP contribution in [0.3, 0.4) is 0 Å². The van der Waals surface area contributed by atoms with Crippen LogP contribution in [0.1, 0.15) is 61.0 Å². The lowest BCUT2D eigenvalue weighted by molar-refractivity contribution is 0.125. The maximum atomic E-state index is 12.8. The molecular formula is C22H30N4O3. The minimum atomic E-state index is -0.157. The van der Waals surface area contributed by atoms with Crippen LogP contribution in [0.2, 0.25) is 0 Å². The van der Waals surface area contributed by atoms with Crippen molar-refractivity contribution in [3.63, 3.8) is 0 Å². The average molecular weight is 399 g/mol. The molecule has 7 heteroatoms. The highest BCUT2D eigenvalue weighted by molar-refractivity contribution is 5.74. The Labute approximate surface area is 171 Å². The van der Waals surface area contributed by atoms with E-state index in [4.69, 9.17) is 9.26 Å². The second kappa shape index (κ2) is 9.39. The van der Waals surface area contributed by atoms with Gasteiger partial charge in [-0.1, -0.05) is 35.0 Å². The number of hydrogen-bond acceptors (Lipinski definition) is 5. The Morgan fingerprint density at radius 1 is 1.24 bits per heavy atom. The molecule has 1 unspecified atom stereocenters. The molecule has 1 aliphatic carbocycles. The van der Waals surface area contributed by atoms with E-state index in [1.54, 1.807) is 0 Å². The van der Waals surface area contributed by atoms with Crippen LogP contribution < -0.4 is 5.32 Å². The van der Waals surface area contributed by atoms with Gasteiger partial charge in [-0.05, 0) is 50.5 Å². The van der Waals surface area contributed by atoms with Gasteiger partial charge in [0.05, 0.1) is 6.61 Å². The van der Waals surface area contributed by atoms with Crippen molar-refractivity contribution in [2.24, 2.45) is 5.92 Å². The van der Waals surface area contributed by atoms with Crippen molar-refractivity contribution in [1.82, 2.24) is 20.4 Å². The third-order valence-electron chi connectivity index (χ3n) is 5.62. The number of likely N-dealkylation sites (tertiary alicyclic amines) is 1. The van der Waals surface area contributed by atoms with E-state index < -0.39 is 0 Å². The molecule has 2 aromatic rings. The number of aryl methyl sites for hydroxylation is 1. The molecule has 156 valence electrons. The van der Waals surface area contributed by atoms with Gasteiger partial charge in [0.15, 0.2) is 5.82 Å². The van der Waals surface area contributed by atoms with E-state index >= 15 is 0 Å². The van der Waals surface area contributed by atoms with Crippen molar-refractivity contribution in [2.45, 2.75) is 58.0 Å². The summed E-state index contributed by atoms with van der Waals surface area (Å²) in [6.45, 7) is 4.71. The molecule has 0 bridgehead atoms. The molecule has 1 atom stereocenters. The molecule has 1 saturated carbocycles. The number of hydrogen-bond donors (Lipinski definition) is 1. The SMILES string of the molecule is Cc1ccc(CNC(=O)N2CCCCC2c2nc(CCOCC3CC3)no2)cc1. The number of carbonyl (C=O) groups is 1. The van der Waals surface area contributed by atoms with E-state index in [0.29, 0.717) is 37.8 Å². The predicted molar refractivity (Wildman–Crippen MR) is 108 cm³/mol. The summed E-state index contributed by atoms with van der Waals surface area (Å²) in [6, 6.07) is 7.95. The Morgan fingerprint density at radius 3 is 2.86 bits per heavy atom. The molecule has 1 saturated heterocycles. The van der Waals surface area contributed by atoms with Crippen molar-refractivity contribution in [3.8, 4) is 0 Å². The molecule has 2 heterocycles. The Balaban J connectivity index is 1.31. The maximum Gasteiger partial charge on any atom is 0.318 e. The molecule has 1 aromatic carbocycles. The molecule has 0 spiro atoms. The fourth-order valence-corrected chi connectivity index (χ4v) is 3.62. The molecule has 1 aromatic heterocycles. The number of amides is 2. The van der Waals surface area contributed by atoms with E-state index in [0.717, 1.165) is 37.4 Å². The van der Waals surface area contributed by atoms with Gasteiger partial charge in [-0.2, -0.15) is 4.98 Å². The first kappa shape index (κ1) is 19.9. The highest BCUT2D eigenvalue weighted by Gasteiger charge is 2.32. The van der Waals surface area contributed by atoms with E-state index in [1.165, 1.54) is 18.4 Å². The Bertz CT molecular complexity index is 801. The predicted octanol–water partition coefficient (Wildman–Crippen LogP) is 3.78. The maximum absolute atomic E-state index is 12.8. The first-order valence-corrected chi connectivity index (χ1v) is 10.7. The minimum absolute atomic E-state index is 0.0807. The number of nitrogens with zero attached hydrogens (tertiary/aromatic N) is 3. The number of rotatable bonds is 8. The second-order valence-electron chi connectivity index (χ2n) is 8.17. The van der Waals surface area contributed by atoms with Crippen LogP contribution in [-0.2, 0) is 17.7 Å². The second-order valence-corrected chi connectivity index (χ2v) is 8.17. The van der Waals surface area contributed by atoms with Gasteiger partial charge in [0.1, 0.15) is 6.04 Å². The van der Waals surface area contributed by atoms with E-state index in [1.807, 2.05) is 17.0 Å². The van der Waals surface area contributed by atoms with Crippen molar-refractivity contribution >= 4 is 6.03 Å². The molecule has 4 rings (SSSR count). The van der Waals surface area contributed by atoms with Crippen molar-refractivity contribution < 1.29 is 14.1 Å². The number of urea groups is 1. The molecule has 7 nitrogen and oxygen atoms in total. The zero-order valence-corrected chi connectivity index (χ0v) is 17.1. The van der Waals surface area contributed by atoms with Crippen LogP contribution >= 0.6 is 0 Å². The fraction of sp³-hybridized carbons (Fsp3) is 0.591. The number of aromatic nitrogens is 2. The summed E-state index contributed by atoms with van der Waals surface area (Å²) in [5.41, 5.74) is 2.30. The number of nitrogens with one attached hydrogen (secondary N) is 1. The molecule has 29 heavy (non-hydrogen) atoms. The monoisotopic (exact) mass is 398 g/mol. The third kappa shape index (κ3) is 5.56. The molecule has 2 aliphatic rings. The number of carbonyl (C=O) groups excluding carboxylic acids is 1. The Kier molecular flexibility index (Phi) is 6.44. The number of piperidine rings is 1. The van der Waals surface area contributed by atoms with Crippen LogP contribution in [0.4, 0.5) is 4.79 Å². The highest BCUT2D eigenvalue weighted by atomic mass is 16.5. The fourth-order valence-electron chi connectivity index (χ4n) is 3.62. The van der Waals surface area contributed by atoms with Crippen LogP contribution in [0, 0.1) is 12.8 Å². The lowest BCUT2D eigenvalue weighted by atomic mass is 10.0. The van der Waals surface area contributed by atoms with Gasteiger partial charge >= 0.3 is 6.03 Å². The van der Waals surface area contributed by atoms with Gasteiger partial charge in [-0.15, -0.1) is 0 Å². The standard InChI is InChI=1S/C22H30N4O3/c1-16-5-7-17(8-6-16)14-23-22(27)26-12-3-2-4-19(26)21-24-20(25-29-21)11-13-28-15-18-9-10-18/h5-8,18-19H,2-4,9-15H2,1H3,(H,23,27). The Hall–Kier alpha value is -2.41. The van der Waals surface area contributed by atoms with Crippen LogP contribution in [0.15, 0.2) is 28.8 Å². The summed E-state index contributed by atoms with van der Waals surface area (Å²) in [6.07, 6.45) is 6.10. The first-order chi connectivity index (χ1) is 14.2. The van der Waals surface area contributed by atoms with Crippen molar-refractivity contribution in [1.29, 1.82) is 0 Å². The van der Waals surface area contributed by atoms with Gasteiger partial charge < -0.3 is 19.5 Å². The zero-order valence-electron chi connectivity index (χ0n) is 17.1. The first-order valence-electron chi connectivity index (χ1n) is 10.7. The summed E-state index contributed by atoms with van der Waals surface area (Å²) in [5, 5.41) is 7.12. The average Bonchev–Trinajstić information content (AvgIpc) is 3.46. The summed E-state index contributed by atoms with van der Waals surface area (Å²) >= 11 is 0. The lowest BCUT2D eigenvalue weighted by Crippen LogP contribution is -2.44. The van der Waals surface area contributed by atoms with Gasteiger partial charge in [-0.3, -0.25) is 0 Å². The molecular weight excluding hydrogens is 368 g/mol. The molecule has 1 aliphatic heterocycles. The van der Waals surface area contributed by atoms with Crippen LogP contribution in [-0.4, -0.2) is 40.8 Å². The molecule has 0 radical (unpaired) electrons. The minimum Gasteiger partial charge on any atom is -0.381 e. The van der Waals surface area contributed by atoms with Crippen LogP contribution in [0.5, 0.6) is 0 Å². The lowest BCUT2D eigenvalue weighted by Gasteiger charge is -2.33. The van der Waals surface area contributed by atoms with E-state index in [2.05, 4.69) is 34.5 Å². The van der Waals surface area contributed by atoms with Gasteiger partial charge in [0, 0.05) is 26.1 Å². The van der Waals surface area contributed by atoms with Gasteiger partial charge in [0.25, 0.3) is 0 Å². The zero-order chi connectivity index (χ0) is 20.1. The summed E-state index contributed by atoms with van der Waals surface area (Å²) < 4.78 is 11.2. The molecule has 2 fully saturated rings. The third-order valence-corrected chi connectivity index (χ3v) is 5.62. The van der Waals surface area contributed by atoms with E-state index in [9.17, 15) is 4.79 Å². The highest BCUT2D eigenvalue weighted by Crippen LogP contribution is 2.30. The summed E-state index contributed by atoms with van der Waals surface area (Å²) in [4.78, 5) is 19.2. The molecule has 2 amide bonds. The van der Waals surface area contributed by atoms with Crippen LogP contribution in [0.25, 0.3) is 0 Å². The van der Waals surface area contributed by atoms with Crippen molar-refractivity contribution in [2.75, 3.05) is 19.8 Å². The van der Waals surface area contributed by atoms with Crippen molar-refractivity contribution in [3.05, 3.63) is 47.1 Å². The van der Waals surface area contributed by atoms with Gasteiger partial charge in [0.2, 0.25) is 5.89 Å². The summed E-state index contributed by atoms with van der Waals surface area (Å²) in [7, 11) is 0. The largest absolute Gasteiger partial charge is 0.381 e. The Morgan fingerprint density at radius 2 is 2.07 bits per heavy atom. The summed E-state index contributed by atoms with van der Waals surface area (Å²) in [5.74, 6) is 1.94. The smallest absolute Gasteiger partial charge is 0.318 e. The number of ether oxygens (including phenoxy) is 1. The number of benzene rings is 1. The van der Waals surface area contributed by atoms with E-state index in [-0.39, 0.29) is 12.1 Å². The topological polar surface area (TPSA) is 80.5 Å². The van der Waals surface area contributed by atoms with Gasteiger partial charge in [-0.25, -0.2) is 4.79 Å².